The molecule has 1 heterocycles. The van der Waals surface area contributed by atoms with Crippen LogP contribution in [-0.2, 0) is 11.3 Å². The molecular weight excluding hydrogens is 280 g/mol. The van der Waals surface area contributed by atoms with Crippen LogP contribution in [0.4, 0.5) is 5.69 Å². The van der Waals surface area contributed by atoms with Gasteiger partial charge >= 0.3 is 0 Å². The molecular formula is C13H19ClN4O2. The first kappa shape index (κ1) is 14.8. The molecule has 20 heavy (non-hydrogen) atoms. The van der Waals surface area contributed by atoms with E-state index in [1.54, 1.807) is 0 Å². The van der Waals surface area contributed by atoms with Crippen LogP contribution in [0.2, 0.25) is 5.02 Å². The van der Waals surface area contributed by atoms with Gasteiger partial charge in [-0.25, -0.2) is 4.68 Å². The van der Waals surface area contributed by atoms with E-state index in [0.717, 1.165) is 12.8 Å². The average molecular weight is 299 g/mol. The van der Waals surface area contributed by atoms with Crippen molar-refractivity contribution in [3.05, 3.63) is 21.6 Å². The van der Waals surface area contributed by atoms with E-state index in [4.69, 9.17) is 11.6 Å². The molecule has 0 radical (unpaired) electrons. The first-order valence-electron chi connectivity index (χ1n) is 6.82. The van der Waals surface area contributed by atoms with Gasteiger partial charge in [0.15, 0.2) is 0 Å². The lowest BCUT2D eigenvalue weighted by molar-refractivity contribution is -0.118. The Kier molecular flexibility index (Phi) is 5.00. The summed E-state index contributed by atoms with van der Waals surface area (Å²) in [5.41, 5.74) is 0.151. The van der Waals surface area contributed by atoms with Crippen LogP contribution < -0.4 is 16.2 Å². The molecule has 110 valence electrons. The standard InChI is InChI=1S/C13H19ClN4O2/c1-9(19)15-5-6-16-12-11(14)7-17-18(13(12)20)8-10-3-2-4-10/h7,10,16H,2-6,8H2,1H3,(H,15,19). The molecule has 1 fully saturated rings. The Morgan fingerprint density at radius 1 is 1.50 bits per heavy atom. The van der Waals surface area contributed by atoms with Gasteiger partial charge in [-0.2, -0.15) is 5.10 Å². The number of nitrogens with zero attached hydrogens (tertiary/aromatic N) is 2. The molecule has 1 aliphatic carbocycles. The van der Waals surface area contributed by atoms with Crippen molar-refractivity contribution in [2.45, 2.75) is 32.7 Å². The third-order valence-corrected chi connectivity index (χ3v) is 3.74. The van der Waals surface area contributed by atoms with Crippen LogP contribution in [0.5, 0.6) is 0 Å². The van der Waals surface area contributed by atoms with Crippen LogP contribution in [-0.4, -0.2) is 28.8 Å². The molecule has 0 aromatic carbocycles. The lowest BCUT2D eigenvalue weighted by Gasteiger charge is -2.25. The Morgan fingerprint density at radius 3 is 2.85 bits per heavy atom. The average Bonchev–Trinajstić information content (AvgIpc) is 2.34. The van der Waals surface area contributed by atoms with Gasteiger partial charge in [0.05, 0.1) is 11.2 Å². The van der Waals surface area contributed by atoms with Crippen molar-refractivity contribution >= 4 is 23.2 Å². The molecule has 1 saturated carbocycles. The quantitative estimate of drug-likeness (QED) is 0.775. The maximum Gasteiger partial charge on any atom is 0.291 e. The number of hydrogen-bond donors (Lipinski definition) is 2. The Balaban J connectivity index is 2.00. The third-order valence-electron chi connectivity index (χ3n) is 3.45. The van der Waals surface area contributed by atoms with Gasteiger partial charge in [-0.15, -0.1) is 0 Å². The number of rotatable bonds is 6. The van der Waals surface area contributed by atoms with Crippen molar-refractivity contribution in [2.24, 2.45) is 5.92 Å². The highest BCUT2D eigenvalue weighted by Crippen LogP contribution is 2.27. The minimum absolute atomic E-state index is 0.102. The molecule has 7 heteroatoms. The summed E-state index contributed by atoms with van der Waals surface area (Å²) in [6, 6.07) is 0. The summed E-state index contributed by atoms with van der Waals surface area (Å²) < 4.78 is 1.47. The van der Waals surface area contributed by atoms with Crippen molar-refractivity contribution in [1.82, 2.24) is 15.1 Å². The number of carbonyl (C=O) groups excluding carboxylic acids is 1. The highest BCUT2D eigenvalue weighted by atomic mass is 35.5. The number of hydrogen-bond acceptors (Lipinski definition) is 4. The van der Waals surface area contributed by atoms with Crippen LogP contribution in [0.1, 0.15) is 26.2 Å². The van der Waals surface area contributed by atoms with Crippen molar-refractivity contribution < 1.29 is 4.79 Å². The minimum atomic E-state index is -0.202. The molecule has 0 saturated heterocycles. The first-order chi connectivity index (χ1) is 9.58. The molecule has 2 N–H and O–H groups in total. The Hall–Kier alpha value is -1.56. The van der Waals surface area contributed by atoms with E-state index in [-0.39, 0.29) is 11.5 Å². The molecule has 1 aromatic rings. The number of aromatic nitrogens is 2. The fourth-order valence-corrected chi connectivity index (χ4v) is 2.30. The van der Waals surface area contributed by atoms with Crippen LogP contribution >= 0.6 is 11.6 Å². The molecule has 1 aliphatic rings. The van der Waals surface area contributed by atoms with Crippen LogP contribution in [0.25, 0.3) is 0 Å². The topological polar surface area (TPSA) is 76.0 Å². The Bertz CT molecular complexity index is 540. The van der Waals surface area contributed by atoms with E-state index < -0.39 is 0 Å². The molecule has 1 aromatic heterocycles. The van der Waals surface area contributed by atoms with Crippen molar-refractivity contribution in [2.75, 3.05) is 18.4 Å². The van der Waals surface area contributed by atoms with Crippen molar-refractivity contribution in [1.29, 1.82) is 0 Å². The van der Waals surface area contributed by atoms with E-state index in [1.165, 1.54) is 24.2 Å². The highest BCUT2D eigenvalue weighted by Gasteiger charge is 2.20. The molecule has 2 rings (SSSR count). The second-order valence-corrected chi connectivity index (χ2v) is 5.47. The van der Waals surface area contributed by atoms with Crippen molar-refractivity contribution in [3.63, 3.8) is 0 Å². The molecule has 0 bridgehead atoms. The largest absolute Gasteiger partial charge is 0.377 e. The molecule has 0 unspecified atom stereocenters. The van der Waals surface area contributed by atoms with Gasteiger partial charge in [-0.05, 0) is 18.8 Å². The number of carbonyl (C=O) groups is 1. The second-order valence-electron chi connectivity index (χ2n) is 5.06. The van der Waals surface area contributed by atoms with Crippen LogP contribution in [0.3, 0.4) is 0 Å². The summed E-state index contributed by atoms with van der Waals surface area (Å²) in [5, 5.41) is 10.0. The van der Waals surface area contributed by atoms with Gasteiger partial charge in [0.1, 0.15) is 5.69 Å². The summed E-state index contributed by atoms with van der Waals surface area (Å²) >= 11 is 6.00. The lowest BCUT2D eigenvalue weighted by atomic mass is 9.85. The van der Waals surface area contributed by atoms with Gasteiger partial charge in [-0.1, -0.05) is 18.0 Å². The molecule has 0 atom stereocenters. The zero-order valence-electron chi connectivity index (χ0n) is 11.5. The van der Waals surface area contributed by atoms with E-state index in [9.17, 15) is 9.59 Å². The zero-order valence-corrected chi connectivity index (χ0v) is 12.2. The smallest absolute Gasteiger partial charge is 0.291 e. The number of anilines is 1. The molecule has 0 aliphatic heterocycles. The van der Waals surface area contributed by atoms with E-state index in [0.29, 0.717) is 36.3 Å². The number of halogens is 1. The number of amides is 1. The summed E-state index contributed by atoms with van der Waals surface area (Å²) in [4.78, 5) is 23.0. The second kappa shape index (κ2) is 6.74. The molecule has 0 spiro atoms. The van der Waals surface area contributed by atoms with Crippen LogP contribution in [0.15, 0.2) is 11.0 Å². The summed E-state index contributed by atoms with van der Waals surface area (Å²) in [7, 11) is 0. The van der Waals surface area contributed by atoms with Gasteiger partial charge in [-0.3, -0.25) is 9.59 Å². The predicted molar refractivity (Wildman–Crippen MR) is 78.0 cm³/mol. The summed E-state index contributed by atoms with van der Waals surface area (Å²) in [5.74, 6) is 0.448. The van der Waals surface area contributed by atoms with E-state index >= 15 is 0 Å². The maximum atomic E-state index is 12.3. The Morgan fingerprint density at radius 2 is 2.25 bits per heavy atom. The van der Waals surface area contributed by atoms with Gasteiger partial charge < -0.3 is 10.6 Å². The van der Waals surface area contributed by atoms with Gasteiger partial charge in [0, 0.05) is 26.6 Å². The van der Waals surface area contributed by atoms with E-state index in [2.05, 4.69) is 15.7 Å². The van der Waals surface area contributed by atoms with Crippen LogP contribution in [0, 0.1) is 5.92 Å². The van der Waals surface area contributed by atoms with Gasteiger partial charge in [0.25, 0.3) is 5.56 Å². The molecule has 1 amide bonds. The normalized spacial score (nSPS) is 14.7. The SMILES string of the molecule is CC(=O)NCCNc1c(Cl)cnn(CC2CCC2)c1=O. The summed E-state index contributed by atoms with van der Waals surface area (Å²) in [6.07, 6.45) is 5.03. The maximum absolute atomic E-state index is 12.3. The monoisotopic (exact) mass is 298 g/mol. The van der Waals surface area contributed by atoms with E-state index in [1.807, 2.05) is 0 Å². The summed E-state index contributed by atoms with van der Waals surface area (Å²) in [6.45, 7) is 2.99. The number of nitrogens with one attached hydrogen (secondary N) is 2. The Labute approximate surface area is 122 Å². The highest BCUT2D eigenvalue weighted by molar-refractivity contribution is 6.32. The first-order valence-corrected chi connectivity index (χ1v) is 7.19. The minimum Gasteiger partial charge on any atom is -0.377 e. The predicted octanol–water partition coefficient (Wildman–Crippen LogP) is 1.24. The fourth-order valence-electron chi connectivity index (χ4n) is 2.10. The third kappa shape index (κ3) is 3.72. The lowest BCUT2D eigenvalue weighted by Crippen LogP contribution is -2.32. The van der Waals surface area contributed by atoms with Crippen molar-refractivity contribution in [3.8, 4) is 0 Å². The van der Waals surface area contributed by atoms with Gasteiger partial charge in [0.2, 0.25) is 5.91 Å². The zero-order chi connectivity index (χ0) is 14.5. The fraction of sp³-hybridized carbons (Fsp3) is 0.615. The molecule has 6 nitrogen and oxygen atoms in total.